The van der Waals surface area contributed by atoms with Crippen molar-refractivity contribution in [3.8, 4) is 0 Å². The van der Waals surface area contributed by atoms with E-state index in [0.29, 0.717) is 0 Å². The number of unbranched alkanes of at least 4 members (excludes halogenated alkanes) is 1. The zero-order valence-electron chi connectivity index (χ0n) is 9.94. The molecule has 82 valence electrons. The number of hydrogen-bond donors (Lipinski definition) is 1. The minimum Gasteiger partial charge on any atom is -0.351 e. The molecule has 1 unspecified atom stereocenters. The van der Waals surface area contributed by atoms with Crippen LogP contribution in [0.25, 0.3) is 0 Å². The second-order valence-electron chi connectivity index (χ2n) is 5.09. The minimum absolute atomic E-state index is 0.0198. The molecule has 0 aromatic carbocycles. The van der Waals surface area contributed by atoms with Crippen LogP contribution in [0.3, 0.4) is 0 Å². The van der Waals surface area contributed by atoms with E-state index < -0.39 is 0 Å². The van der Waals surface area contributed by atoms with Gasteiger partial charge in [-0.25, -0.2) is 0 Å². The van der Waals surface area contributed by atoms with E-state index in [2.05, 4.69) is 33.0 Å². The normalized spacial score (nSPS) is 30.4. The van der Waals surface area contributed by atoms with E-state index >= 15 is 0 Å². The van der Waals surface area contributed by atoms with E-state index in [0.717, 1.165) is 12.8 Å². The first kappa shape index (κ1) is 11.5. The molecule has 1 heterocycles. The third kappa shape index (κ3) is 1.79. The van der Waals surface area contributed by atoms with Crippen molar-refractivity contribution in [3.05, 3.63) is 0 Å². The van der Waals surface area contributed by atoms with Crippen molar-refractivity contribution in [3.63, 3.8) is 0 Å². The summed E-state index contributed by atoms with van der Waals surface area (Å²) in [5.74, 6) is 0.230. The molecule has 2 nitrogen and oxygen atoms in total. The fraction of sp³-hybridized carbons (Fsp3) is 0.917. The second kappa shape index (κ2) is 3.92. The molecule has 1 aliphatic heterocycles. The van der Waals surface area contributed by atoms with Gasteiger partial charge in [0.15, 0.2) is 0 Å². The van der Waals surface area contributed by atoms with Crippen molar-refractivity contribution in [2.24, 2.45) is 5.41 Å². The summed E-state index contributed by atoms with van der Waals surface area (Å²) in [4.78, 5) is 11.5. The first-order valence-electron chi connectivity index (χ1n) is 5.78. The van der Waals surface area contributed by atoms with E-state index in [1.54, 1.807) is 0 Å². The molecule has 0 spiro atoms. The van der Waals surface area contributed by atoms with Crippen molar-refractivity contribution in [1.29, 1.82) is 0 Å². The van der Waals surface area contributed by atoms with Crippen molar-refractivity contribution in [1.82, 2.24) is 5.32 Å². The summed E-state index contributed by atoms with van der Waals surface area (Å²) in [6, 6.07) is 0. The molecule has 14 heavy (non-hydrogen) atoms. The van der Waals surface area contributed by atoms with Gasteiger partial charge in [-0.3, -0.25) is 4.79 Å². The number of hydrogen-bond acceptors (Lipinski definition) is 1. The van der Waals surface area contributed by atoms with Crippen molar-refractivity contribution in [2.45, 2.75) is 65.3 Å². The molecule has 2 heteroatoms. The maximum atomic E-state index is 11.5. The third-order valence-electron chi connectivity index (χ3n) is 3.96. The van der Waals surface area contributed by atoms with E-state index in [1.807, 2.05) is 0 Å². The topological polar surface area (TPSA) is 29.1 Å². The van der Waals surface area contributed by atoms with Crippen LogP contribution in [0, 0.1) is 5.41 Å². The van der Waals surface area contributed by atoms with E-state index in [-0.39, 0.29) is 16.9 Å². The second-order valence-corrected chi connectivity index (χ2v) is 5.09. The van der Waals surface area contributed by atoms with Gasteiger partial charge in [0, 0.05) is 17.4 Å². The Balaban J connectivity index is 2.81. The lowest BCUT2D eigenvalue weighted by atomic mass is 9.67. The summed E-state index contributed by atoms with van der Waals surface area (Å²) in [5.41, 5.74) is 0.175. The SMILES string of the molecule is CCCCC1(CC)CC(=O)NC1(C)C. The first-order chi connectivity index (χ1) is 6.47. The van der Waals surface area contributed by atoms with Crippen LogP contribution in [0.1, 0.15) is 59.8 Å². The van der Waals surface area contributed by atoms with Gasteiger partial charge in [0.05, 0.1) is 0 Å². The Morgan fingerprint density at radius 1 is 1.36 bits per heavy atom. The van der Waals surface area contributed by atoms with E-state index in [4.69, 9.17) is 0 Å². The van der Waals surface area contributed by atoms with Crippen LogP contribution < -0.4 is 5.32 Å². The molecule has 0 aliphatic carbocycles. The molecule has 0 aromatic rings. The third-order valence-corrected chi connectivity index (χ3v) is 3.96. The van der Waals surface area contributed by atoms with Gasteiger partial charge < -0.3 is 5.32 Å². The summed E-state index contributed by atoms with van der Waals surface area (Å²) in [6.45, 7) is 8.74. The average molecular weight is 197 g/mol. The molecule has 0 bridgehead atoms. The van der Waals surface area contributed by atoms with Crippen molar-refractivity contribution < 1.29 is 4.79 Å². The molecule has 1 fully saturated rings. The fourth-order valence-electron chi connectivity index (χ4n) is 2.71. The highest BCUT2D eigenvalue weighted by molar-refractivity contribution is 5.80. The molecular formula is C12H23NO. The van der Waals surface area contributed by atoms with Gasteiger partial charge in [-0.05, 0) is 26.7 Å². The largest absolute Gasteiger partial charge is 0.351 e. The first-order valence-corrected chi connectivity index (χ1v) is 5.78. The quantitative estimate of drug-likeness (QED) is 0.737. The monoisotopic (exact) mass is 197 g/mol. The smallest absolute Gasteiger partial charge is 0.221 e. The Bertz CT molecular complexity index is 222. The standard InChI is InChI=1S/C12H23NO/c1-5-7-8-12(6-2)9-10(14)13-11(12,3)4/h5-9H2,1-4H3,(H,13,14). The Kier molecular flexibility index (Phi) is 3.23. The fourth-order valence-corrected chi connectivity index (χ4v) is 2.71. The van der Waals surface area contributed by atoms with Crippen LogP contribution in [-0.4, -0.2) is 11.4 Å². The number of nitrogens with one attached hydrogen (secondary N) is 1. The van der Waals surface area contributed by atoms with Crippen LogP contribution in [0.4, 0.5) is 0 Å². The van der Waals surface area contributed by atoms with Crippen LogP contribution >= 0.6 is 0 Å². The minimum atomic E-state index is -0.0198. The average Bonchev–Trinajstić information content (AvgIpc) is 2.32. The van der Waals surface area contributed by atoms with Gasteiger partial charge in [0.1, 0.15) is 0 Å². The molecule has 0 saturated carbocycles. The highest BCUT2D eigenvalue weighted by Crippen LogP contribution is 2.46. The molecule has 1 atom stereocenters. The molecule has 1 N–H and O–H groups in total. The van der Waals surface area contributed by atoms with Crippen molar-refractivity contribution in [2.75, 3.05) is 0 Å². The molecule has 0 radical (unpaired) electrons. The lowest BCUT2D eigenvalue weighted by Gasteiger charge is -2.40. The number of carbonyl (C=O) groups excluding carboxylic acids is 1. The summed E-state index contributed by atoms with van der Waals surface area (Å²) in [7, 11) is 0. The van der Waals surface area contributed by atoms with Gasteiger partial charge in [-0.15, -0.1) is 0 Å². The number of amides is 1. The lowest BCUT2D eigenvalue weighted by Crippen LogP contribution is -2.46. The maximum absolute atomic E-state index is 11.5. The van der Waals surface area contributed by atoms with Gasteiger partial charge in [0.2, 0.25) is 5.91 Å². The Morgan fingerprint density at radius 2 is 2.00 bits per heavy atom. The predicted molar refractivity (Wildman–Crippen MR) is 59.1 cm³/mol. The zero-order chi connectivity index (χ0) is 10.8. The summed E-state index contributed by atoms with van der Waals surface area (Å²) < 4.78 is 0. The van der Waals surface area contributed by atoms with Crippen LogP contribution in [0.5, 0.6) is 0 Å². The van der Waals surface area contributed by atoms with Crippen LogP contribution in [0.2, 0.25) is 0 Å². The molecule has 1 amide bonds. The maximum Gasteiger partial charge on any atom is 0.221 e. The number of rotatable bonds is 4. The van der Waals surface area contributed by atoms with Gasteiger partial charge in [0.25, 0.3) is 0 Å². The zero-order valence-corrected chi connectivity index (χ0v) is 9.94. The Morgan fingerprint density at radius 3 is 2.36 bits per heavy atom. The Hall–Kier alpha value is -0.530. The Labute approximate surface area is 87.5 Å². The predicted octanol–water partition coefficient (Wildman–Crippen LogP) is 2.87. The summed E-state index contributed by atoms with van der Waals surface area (Å²) in [6.07, 6.45) is 5.43. The molecule has 0 aromatic heterocycles. The molecule has 1 rings (SSSR count). The van der Waals surface area contributed by atoms with E-state index in [9.17, 15) is 4.79 Å². The van der Waals surface area contributed by atoms with Gasteiger partial charge in [-0.1, -0.05) is 26.7 Å². The van der Waals surface area contributed by atoms with Gasteiger partial charge in [-0.2, -0.15) is 0 Å². The highest BCUT2D eigenvalue weighted by atomic mass is 16.2. The lowest BCUT2D eigenvalue weighted by molar-refractivity contribution is -0.120. The molecule has 1 saturated heterocycles. The summed E-state index contributed by atoms with van der Waals surface area (Å²) in [5, 5.41) is 3.10. The summed E-state index contributed by atoms with van der Waals surface area (Å²) >= 11 is 0. The van der Waals surface area contributed by atoms with E-state index in [1.165, 1.54) is 19.3 Å². The van der Waals surface area contributed by atoms with Crippen molar-refractivity contribution >= 4 is 5.91 Å². The van der Waals surface area contributed by atoms with Crippen LogP contribution in [-0.2, 0) is 4.79 Å². The highest BCUT2D eigenvalue weighted by Gasteiger charge is 2.50. The number of carbonyl (C=O) groups is 1. The molecule has 1 aliphatic rings. The van der Waals surface area contributed by atoms with Crippen LogP contribution in [0.15, 0.2) is 0 Å². The molecular weight excluding hydrogens is 174 g/mol. The van der Waals surface area contributed by atoms with Gasteiger partial charge >= 0.3 is 0 Å².